The van der Waals surface area contributed by atoms with Gasteiger partial charge in [0, 0.05) is 19.6 Å². The summed E-state index contributed by atoms with van der Waals surface area (Å²) in [5, 5.41) is 2.70. The van der Waals surface area contributed by atoms with Crippen molar-refractivity contribution in [2.24, 2.45) is 5.92 Å². The number of fused-ring (bicyclic) bond motifs is 1. The quantitative estimate of drug-likeness (QED) is 0.828. The molecule has 2 aromatic rings. The lowest BCUT2D eigenvalue weighted by atomic mass is 9.97. The van der Waals surface area contributed by atoms with E-state index in [1.807, 2.05) is 0 Å². The fraction of sp³-hybridized carbons (Fsp3) is 0.524. The van der Waals surface area contributed by atoms with E-state index in [0.29, 0.717) is 18.1 Å². The maximum absolute atomic E-state index is 5.83. The van der Waals surface area contributed by atoms with Crippen LogP contribution in [-0.4, -0.2) is 36.7 Å². The summed E-state index contributed by atoms with van der Waals surface area (Å²) in [6.45, 7) is 12.2. The third-order valence-corrected chi connectivity index (χ3v) is 4.71. The van der Waals surface area contributed by atoms with Crippen molar-refractivity contribution in [3.63, 3.8) is 0 Å². The fourth-order valence-electron chi connectivity index (χ4n) is 3.88. The number of hydrogen-bond donors (Lipinski definition) is 0. The van der Waals surface area contributed by atoms with E-state index in [0.717, 1.165) is 26.1 Å². The molecule has 0 saturated carbocycles. The summed E-state index contributed by atoms with van der Waals surface area (Å²) in [5.41, 5.74) is 2.78. The van der Waals surface area contributed by atoms with Gasteiger partial charge in [0.2, 0.25) is 0 Å². The zero-order valence-electron chi connectivity index (χ0n) is 14.9. The molecule has 1 saturated heterocycles. The predicted molar refractivity (Wildman–Crippen MR) is 98.0 cm³/mol. The largest absolute Gasteiger partial charge is 0.373 e. The second-order valence-electron chi connectivity index (χ2n) is 7.47. The maximum Gasteiger partial charge on any atom is 0.0678 e. The van der Waals surface area contributed by atoms with Gasteiger partial charge in [0.25, 0.3) is 0 Å². The molecular weight excluding hydrogens is 282 g/mol. The molecule has 0 amide bonds. The number of morpholine rings is 1. The molecule has 23 heavy (non-hydrogen) atoms. The summed E-state index contributed by atoms with van der Waals surface area (Å²) in [6, 6.07) is 13.6. The number of aryl methyl sites for hydroxylation is 1. The first-order valence-corrected chi connectivity index (χ1v) is 8.86. The highest BCUT2D eigenvalue weighted by Gasteiger charge is 2.23. The molecule has 3 rings (SSSR count). The number of benzene rings is 2. The lowest BCUT2D eigenvalue weighted by Crippen LogP contribution is -2.47. The zero-order valence-corrected chi connectivity index (χ0v) is 14.9. The summed E-state index contributed by atoms with van der Waals surface area (Å²) < 4.78 is 5.83. The van der Waals surface area contributed by atoms with Crippen molar-refractivity contribution in [1.82, 2.24) is 4.90 Å². The van der Waals surface area contributed by atoms with E-state index in [-0.39, 0.29) is 0 Å². The number of nitrogens with zero attached hydrogens (tertiary/aromatic N) is 1. The molecule has 0 bridgehead atoms. The third-order valence-electron chi connectivity index (χ3n) is 4.71. The molecule has 3 unspecified atom stereocenters. The zero-order chi connectivity index (χ0) is 16.4. The minimum absolute atomic E-state index is 0.356. The average Bonchev–Trinajstić information content (AvgIpc) is 2.46. The Bertz CT molecular complexity index is 656. The standard InChI is InChI=1S/C21H29NO/c1-15-5-7-21-11-19(6-8-20(21)10-15)9-16(2)12-22-13-17(3)23-18(4)14-22/h5-8,10-11,16-18H,9,12-14H2,1-4H3. The van der Waals surface area contributed by atoms with E-state index in [9.17, 15) is 0 Å². The Kier molecular flexibility index (Phi) is 5.03. The van der Waals surface area contributed by atoms with Crippen molar-refractivity contribution >= 4 is 10.8 Å². The Morgan fingerprint density at radius 3 is 2.43 bits per heavy atom. The Labute approximate surface area is 140 Å². The van der Waals surface area contributed by atoms with Gasteiger partial charge >= 0.3 is 0 Å². The van der Waals surface area contributed by atoms with E-state index in [1.54, 1.807) is 0 Å². The molecule has 2 heteroatoms. The van der Waals surface area contributed by atoms with Crippen LogP contribution in [0.15, 0.2) is 36.4 Å². The molecule has 1 heterocycles. The Morgan fingerprint density at radius 1 is 1.04 bits per heavy atom. The van der Waals surface area contributed by atoms with Gasteiger partial charge in [-0.05, 0) is 49.4 Å². The molecule has 3 atom stereocenters. The SMILES string of the molecule is Cc1ccc2cc(CC(C)CN3CC(C)OC(C)C3)ccc2c1. The lowest BCUT2D eigenvalue weighted by Gasteiger charge is -2.36. The van der Waals surface area contributed by atoms with Crippen LogP contribution >= 0.6 is 0 Å². The van der Waals surface area contributed by atoms with E-state index < -0.39 is 0 Å². The normalized spacial score (nSPS) is 24.0. The molecule has 0 N–H and O–H groups in total. The van der Waals surface area contributed by atoms with Crippen LogP contribution in [0.4, 0.5) is 0 Å². The summed E-state index contributed by atoms with van der Waals surface area (Å²) in [4.78, 5) is 2.56. The molecule has 2 nitrogen and oxygen atoms in total. The molecule has 0 aliphatic carbocycles. The van der Waals surface area contributed by atoms with Crippen LogP contribution in [0, 0.1) is 12.8 Å². The molecule has 1 aliphatic rings. The summed E-state index contributed by atoms with van der Waals surface area (Å²) in [6.07, 6.45) is 1.86. The molecule has 2 aromatic carbocycles. The van der Waals surface area contributed by atoms with Gasteiger partial charge in [-0.2, -0.15) is 0 Å². The van der Waals surface area contributed by atoms with Crippen molar-refractivity contribution in [3.8, 4) is 0 Å². The van der Waals surface area contributed by atoms with Crippen LogP contribution in [0.1, 0.15) is 31.9 Å². The first-order valence-electron chi connectivity index (χ1n) is 8.86. The first-order chi connectivity index (χ1) is 11.0. The predicted octanol–water partition coefficient (Wildman–Crippen LogP) is 4.44. The van der Waals surface area contributed by atoms with Gasteiger partial charge in [0.15, 0.2) is 0 Å². The molecule has 124 valence electrons. The minimum atomic E-state index is 0.356. The van der Waals surface area contributed by atoms with E-state index >= 15 is 0 Å². The summed E-state index contributed by atoms with van der Waals surface area (Å²) >= 11 is 0. The van der Waals surface area contributed by atoms with E-state index in [1.165, 1.54) is 21.9 Å². The number of ether oxygens (including phenoxy) is 1. The number of hydrogen-bond acceptors (Lipinski definition) is 2. The second-order valence-corrected chi connectivity index (χ2v) is 7.47. The lowest BCUT2D eigenvalue weighted by molar-refractivity contribution is -0.0708. The number of rotatable bonds is 4. The van der Waals surface area contributed by atoms with E-state index in [4.69, 9.17) is 4.74 Å². The van der Waals surface area contributed by atoms with Gasteiger partial charge < -0.3 is 4.74 Å². The first kappa shape index (κ1) is 16.5. The summed E-state index contributed by atoms with van der Waals surface area (Å²) in [7, 11) is 0. The molecule has 0 aromatic heterocycles. The van der Waals surface area contributed by atoms with Crippen LogP contribution in [0.3, 0.4) is 0 Å². The Hall–Kier alpha value is -1.38. The van der Waals surface area contributed by atoms with Crippen molar-refractivity contribution in [2.75, 3.05) is 19.6 Å². The minimum Gasteiger partial charge on any atom is -0.373 e. The molecular formula is C21H29NO. The third kappa shape index (κ3) is 4.33. The van der Waals surface area contributed by atoms with Crippen LogP contribution in [-0.2, 0) is 11.2 Å². The van der Waals surface area contributed by atoms with Gasteiger partial charge in [0.1, 0.15) is 0 Å². The van der Waals surface area contributed by atoms with Crippen molar-refractivity contribution in [3.05, 3.63) is 47.5 Å². The van der Waals surface area contributed by atoms with Crippen LogP contribution in [0.5, 0.6) is 0 Å². The molecule has 1 aliphatic heterocycles. The van der Waals surface area contributed by atoms with Crippen molar-refractivity contribution in [2.45, 2.75) is 46.3 Å². The molecule has 0 spiro atoms. The highest BCUT2D eigenvalue weighted by Crippen LogP contribution is 2.20. The smallest absolute Gasteiger partial charge is 0.0678 e. The van der Waals surface area contributed by atoms with Gasteiger partial charge in [-0.1, -0.05) is 48.9 Å². The van der Waals surface area contributed by atoms with E-state index in [2.05, 4.69) is 69.0 Å². The van der Waals surface area contributed by atoms with Crippen LogP contribution < -0.4 is 0 Å². The monoisotopic (exact) mass is 311 g/mol. The van der Waals surface area contributed by atoms with Crippen LogP contribution in [0.25, 0.3) is 10.8 Å². The van der Waals surface area contributed by atoms with Crippen LogP contribution in [0.2, 0.25) is 0 Å². The van der Waals surface area contributed by atoms with Gasteiger partial charge in [-0.3, -0.25) is 4.90 Å². The van der Waals surface area contributed by atoms with Crippen molar-refractivity contribution < 1.29 is 4.74 Å². The molecule has 0 radical (unpaired) electrons. The second kappa shape index (κ2) is 7.02. The fourth-order valence-corrected chi connectivity index (χ4v) is 3.88. The average molecular weight is 311 g/mol. The maximum atomic E-state index is 5.83. The van der Waals surface area contributed by atoms with Gasteiger partial charge in [0.05, 0.1) is 12.2 Å². The summed E-state index contributed by atoms with van der Waals surface area (Å²) in [5.74, 6) is 0.662. The molecule has 1 fully saturated rings. The topological polar surface area (TPSA) is 12.5 Å². The van der Waals surface area contributed by atoms with Gasteiger partial charge in [-0.25, -0.2) is 0 Å². The highest BCUT2D eigenvalue weighted by molar-refractivity contribution is 5.83. The highest BCUT2D eigenvalue weighted by atomic mass is 16.5. The van der Waals surface area contributed by atoms with Crippen molar-refractivity contribution in [1.29, 1.82) is 0 Å². The Balaban J connectivity index is 1.63. The Morgan fingerprint density at radius 2 is 1.70 bits per heavy atom. The van der Waals surface area contributed by atoms with Gasteiger partial charge in [-0.15, -0.1) is 0 Å².